The van der Waals surface area contributed by atoms with E-state index in [-0.39, 0.29) is 6.61 Å². The van der Waals surface area contributed by atoms with Crippen molar-refractivity contribution in [2.75, 3.05) is 0 Å². The summed E-state index contributed by atoms with van der Waals surface area (Å²) in [5, 5.41) is 14.4. The molecular formula is C10H12N2O. The Kier molecular flexibility index (Phi) is 2.02. The summed E-state index contributed by atoms with van der Waals surface area (Å²) in [4.78, 5) is 0. The zero-order valence-electron chi connectivity index (χ0n) is 7.57. The molecule has 13 heavy (non-hydrogen) atoms. The third-order valence-corrected chi connectivity index (χ3v) is 2.18. The molecule has 0 saturated heterocycles. The lowest BCUT2D eigenvalue weighted by atomic mass is 10.2. The van der Waals surface area contributed by atoms with Crippen LogP contribution in [0.25, 0.3) is 10.9 Å². The van der Waals surface area contributed by atoms with Crippen molar-refractivity contribution >= 4 is 10.9 Å². The van der Waals surface area contributed by atoms with Gasteiger partial charge in [-0.25, -0.2) is 0 Å². The maximum absolute atomic E-state index is 9.07. The van der Waals surface area contributed by atoms with Gasteiger partial charge in [-0.2, -0.15) is 5.10 Å². The minimum Gasteiger partial charge on any atom is -0.390 e. The van der Waals surface area contributed by atoms with Gasteiger partial charge in [0.2, 0.25) is 0 Å². The summed E-state index contributed by atoms with van der Waals surface area (Å²) < 4.78 is 1.90. The van der Waals surface area contributed by atoms with Gasteiger partial charge in [-0.05, 0) is 13.0 Å². The molecule has 2 aromatic rings. The second-order valence-corrected chi connectivity index (χ2v) is 2.94. The van der Waals surface area contributed by atoms with Crippen LogP contribution in [0.5, 0.6) is 0 Å². The van der Waals surface area contributed by atoms with Gasteiger partial charge in [0, 0.05) is 11.9 Å². The number of aryl methyl sites for hydroxylation is 1. The molecule has 3 heteroatoms. The smallest absolute Gasteiger partial charge is 0.0957 e. The molecule has 0 aliphatic carbocycles. The van der Waals surface area contributed by atoms with Crippen molar-refractivity contribution in [3.05, 3.63) is 30.0 Å². The second kappa shape index (κ2) is 3.18. The first kappa shape index (κ1) is 8.26. The van der Waals surface area contributed by atoms with E-state index in [1.165, 1.54) is 0 Å². The molecule has 68 valence electrons. The highest BCUT2D eigenvalue weighted by Gasteiger charge is 2.06. The average molecular weight is 176 g/mol. The minimum atomic E-state index is 0.00745. The molecule has 1 aromatic heterocycles. The van der Waals surface area contributed by atoms with E-state index in [9.17, 15) is 0 Å². The summed E-state index contributed by atoms with van der Waals surface area (Å²) in [6.07, 6.45) is 0. The number of benzene rings is 1. The lowest BCUT2D eigenvalue weighted by Gasteiger charge is -1.95. The summed E-state index contributed by atoms with van der Waals surface area (Å²) in [6, 6.07) is 7.95. The average Bonchev–Trinajstić information content (AvgIpc) is 2.56. The van der Waals surface area contributed by atoms with Gasteiger partial charge in [0.15, 0.2) is 0 Å². The third kappa shape index (κ3) is 1.21. The van der Waals surface area contributed by atoms with Crippen LogP contribution < -0.4 is 0 Å². The highest BCUT2D eigenvalue weighted by Crippen LogP contribution is 2.17. The highest BCUT2D eigenvalue weighted by molar-refractivity contribution is 5.81. The van der Waals surface area contributed by atoms with Crippen molar-refractivity contribution in [2.45, 2.75) is 20.1 Å². The largest absolute Gasteiger partial charge is 0.390 e. The Morgan fingerprint density at radius 2 is 2.15 bits per heavy atom. The van der Waals surface area contributed by atoms with Crippen molar-refractivity contribution < 1.29 is 5.11 Å². The number of aliphatic hydroxyl groups is 1. The van der Waals surface area contributed by atoms with Crippen LogP contribution in [0.15, 0.2) is 24.3 Å². The van der Waals surface area contributed by atoms with Crippen LogP contribution in [0, 0.1) is 0 Å². The van der Waals surface area contributed by atoms with E-state index in [0.717, 1.165) is 23.1 Å². The molecule has 3 nitrogen and oxygen atoms in total. The van der Waals surface area contributed by atoms with Crippen molar-refractivity contribution in [3.8, 4) is 0 Å². The van der Waals surface area contributed by atoms with Crippen LogP contribution in [0.3, 0.4) is 0 Å². The second-order valence-electron chi connectivity index (χ2n) is 2.94. The Hall–Kier alpha value is -1.35. The topological polar surface area (TPSA) is 38.0 Å². The standard InChI is InChI=1S/C10H12N2O/c1-2-12-10-6-4-3-5-8(10)9(7-13)11-12/h3-6,13H,2,7H2,1H3. The fraction of sp³-hybridized carbons (Fsp3) is 0.300. The maximum Gasteiger partial charge on any atom is 0.0957 e. The van der Waals surface area contributed by atoms with Gasteiger partial charge in [-0.1, -0.05) is 18.2 Å². The summed E-state index contributed by atoms with van der Waals surface area (Å²) in [5.41, 5.74) is 1.85. The first-order chi connectivity index (χ1) is 6.36. The van der Waals surface area contributed by atoms with E-state index in [1.54, 1.807) is 0 Å². The van der Waals surface area contributed by atoms with Gasteiger partial charge in [0.05, 0.1) is 17.8 Å². The predicted octanol–water partition coefficient (Wildman–Crippen LogP) is 1.55. The predicted molar refractivity (Wildman–Crippen MR) is 51.3 cm³/mol. The molecule has 0 unspecified atom stereocenters. The number of nitrogens with zero attached hydrogens (tertiary/aromatic N) is 2. The fourth-order valence-corrected chi connectivity index (χ4v) is 1.55. The number of rotatable bonds is 2. The Balaban J connectivity index is 2.74. The van der Waals surface area contributed by atoms with Crippen LogP contribution in [-0.2, 0) is 13.2 Å². The maximum atomic E-state index is 9.07. The summed E-state index contributed by atoms with van der Waals surface area (Å²) in [6.45, 7) is 2.88. The van der Waals surface area contributed by atoms with Crippen molar-refractivity contribution in [3.63, 3.8) is 0 Å². The highest BCUT2D eigenvalue weighted by atomic mass is 16.3. The Morgan fingerprint density at radius 1 is 1.38 bits per heavy atom. The van der Waals surface area contributed by atoms with Crippen LogP contribution in [0.1, 0.15) is 12.6 Å². The Bertz CT molecular complexity index is 382. The number of hydrogen-bond donors (Lipinski definition) is 1. The van der Waals surface area contributed by atoms with Gasteiger partial charge >= 0.3 is 0 Å². The van der Waals surface area contributed by atoms with Gasteiger partial charge < -0.3 is 5.11 Å². The third-order valence-electron chi connectivity index (χ3n) is 2.18. The molecule has 0 aliphatic heterocycles. The molecule has 0 saturated carbocycles. The summed E-state index contributed by atoms with van der Waals surface area (Å²) in [5.74, 6) is 0. The molecule has 1 N–H and O–H groups in total. The monoisotopic (exact) mass is 176 g/mol. The van der Waals surface area contributed by atoms with Gasteiger partial charge in [-0.15, -0.1) is 0 Å². The molecule has 1 heterocycles. The molecule has 0 aliphatic rings. The van der Waals surface area contributed by atoms with Crippen molar-refractivity contribution in [1.82, 2.24) is 9.78 Å². The van der Waals surface area contributed by atoms with E-state index >= 15 is 0 Å². The molecule has 0 fully saturated rings. The first-order valence-electron chi connectivity index (χ1n) is 4.42. The lowest BCUT2D eigenvalue weighted by Crippen LogP contribution is -1.96. The minimum absolute atomic E-state index is 0.00745. The van der Waals surface area contributed by atoms with Crippen molar-refractivity contribution in [2.24, 2.45) is 0 Å². The molecule has 0 radical (unpaired) electrons. The fourth-order valence-electron chi connectivity index (χ4n) is 1.55. The number of fused-ring (bicyclic) bond motifs is 1. The van der Waals surface area contributed by atoms with E-state index in [0.29, 0.717) is 0 Å². The van der Waals surface area contributed by atoms with Crippen LogP contribution in [-0.4, -0.2) is 14.9 Å². The molecule has 1 aromatic carbocycles. The lowest BCUT2D eigenvalue weighted by molar-refractivity contribution is 0.276. The zero-order chi connectivity index (χ0) is 9.26. The van der Waals surface area contributed by atoms with Gasteiger partial charge in [-0.3, -0.25) is 4.68 Å². The summed E-state index contributed by atoms with van der Waals surface area (Å²) >= 11 is 0. The van der Waals surface area contributed by atoms with Crippen molar-refractivity contribution in [1.29, 1.82) is 0 Å². The SMILES string of the molecule is CCn1nc(CO)c2ccccc21. The molecule has 0 bridgehead atoms. The number of aromatic nitrogens is 2. The molecule has 0 atom stereocenters. The van der Waals surface area contributed by atoms with E-state index in [2.05, 4.69) is 5.10 Å². The quantitative estimate of drug-likeness (QED) is 0.753. The molecular weight excluding hydrogens is 164 g/mol. The summed E-state index contributed by atoms with van der Waals surface area (Å²) in [7, 11) is 0. The first-order valence-corrected chi connectivity index (χ1v) is 4.42. The zero-order valence-corrected chi connectivity index (χ0v) is 7.57. The Labute approximate surface area is 76.6 Å². The molecule has 0 amide bonds. The van der Waals surface area contributed by atoms with Crippen LogP contribution in [0.2, 0.25) is 0 Å². The molecule has 0 spiro atoms. The number of aliphatic hydroxyl groups excluding tert-OH is 1. The molecule has 2 rings (SSSR count). The van der Waals surface area contributed by atoms with E-state index < -0.39 is 0 Å². The van der Waals surface area contributed by atoms with Crippen LogP contribution >= 0.6 is 0 Å². The normalized spacial score (nSPS) is 10.9. The van der Waals surface area contributed by atoms with Gasteiger partial charge in [0.25, 0.3) is 0 Å². The number of hydrogen-bond acceptors (Lipinski definition) is 2. The number of para-hydroxylation sites is 1. The van der Waals surface area contributed by atoms with Gasteiger partial charge in [0.1, 0.15) is 0 Å². The van der Waals surface area contributed by atoms with E-state index in [4.69, 9.17) is 5.11 Å². The van der Waals surface area contributed by atoms with E-state index in [1.807, 2.05) is 35.9 Å². The van der Waals surface area contributed by atoms with Crippen LogP contribution in [0.4, 0.5) is 0 Å². The Morgan fingerprint density at radius 3 is 2.85 bits per heavy atom.